The van der Waals surface area contributed by atoms with Crippen molar-refractivity contribution >= 4 is 40.4 Å². The molecule has 0 aliphatic heterocycles. The summed E-state index contributed by atoms with van der Waals surface area (Å²) in [6.45, 7) is 7.64. The smallest absolute Gasteiger partial charge is 0.242 e. The third-order valence-corrected chi connectivity index (χ3v) is 6.90. The molecule has 0 saturated heterocycles. The van der Waals surface area contributed by atoms with Crippen molar-refractivity contribution in [2.24, 2.45) is 0 Å². The van der Waals surface area contributed by atoms with E-state index in [4.69, 9.17) is 11.6 Å². The highest BCUT2D eigenvalue weighted by Gasteiger charge is 2.20. The lowest BCUT2D eigenvalue weighted by Gasteiger charge is -2.17. The van der Waals surface area contributed by atoms with Crippen LogP contribution in [0.1, 0.15) is 48.8 Å². The Hall–Kier alpha value is -2.78. The van der Waals surface area contributed by atoms with Crippen LogP contribution in [0.15, 0.2) is 35.6 Å². The summed E-state index contributed by atoms with van der Waals surface area (Å²) in [5.41, 5.74) is 4.90. The molecule has 0 spiro atoms. The molecule has 0 fully saturated rings. The number of anilines is 1. The fourth-order valence-electron chi connectivity index (χ4n) is 3.78. The van der Waals surface area contributed by atoms with Crippen LogP contribution in [0, 0.1) is 13.8 Å². The van der Waals surface area contributed by atoms with E-state index in [1.807, 2.05) is 39.1 Å². The molecule has 6 nitrogen and oxygen atoms in total. The fourth-order valence-corrected chi connectivity index (χ4v) is 4.72. The van der Waals surface area contributed by atoms with E-state index in [1.165, 1.54) is 11.9 Å². The van der Waals surface area contributed by atoms with E-state index in [0.29, 0.717) is 33.6 Å². The van der Waals surface area contributed by atoms with Gasteiger partial charge in [-0.3, -0.25) is 14.7 Å². The predicted molar refractivity (Wildman–Crippen MR) is 134 cm³/mol. The van der Waals surface area contributed by atoms with E-state index < -0.39 is 6.43 Å². The number of nitrogens with one attached hydrogen (secondary N) is 2. The Balaban J connectivity index is 1.65. The van der Waals surface area contributed by atoms with Crippen molar-refractivity contribution in [3.8, 4) is 11.3 Å². The lowest BCUT2D eigenvalue weighted by atomic mass is 9.97. The van der Waals surface area contributed by atoms with Gasteiger partial charge in [0.25, 0.3) is 0 Å². The van der Waals surface area contributed by atoms with Gasteiger partial charge in [0.15, 0.2) is 0 Å². The van der Waals surface area contributed by atoms with Gasteiger partial charge in [-0.25, -0.2) is 18.7 Å². The molecule has 0 aliphatic carbocycles. The highest BCUT2D eigenvalue weighted by molar-refractivity contribution is 8.00. The largest absolute Gasteiger partial charge is 0.359 e. The van der Waals surface area contributed by atoms with Crippen molar-refractivity contribution in [2.75, 3.05) is 4.72 Å². The predicted octanol–water partition coefficient (Wildman–Crippen LogP) is 7.13. The zero-order chi connectivity index (χ0) is 24.4. The van der Waals surface area contributed by atoms with E-state index in [1.54, 1.807) is 19.3 Å². The monoisotopic (exact) mass is 502 g/mol. The minimum Gasteiger partial charge on any atom is -0.359 e. The summed E-state index contributed by atoms with van der Waals surface area (Å²) in [6, 6.07) is 3.77. The molecular formula is C24H25ClF2N6S. The lowest BCUT2D eigenvalue weighted by molar-refractivity contribution is 0.148. The third kappa shape index (κ3) is 5.00. The van der Waals surface area contributed by atoms with Crippen molar-refractivity contribution in [1.29, 1.82) is 0 Å². The zero-order valence-electron chi connectivity index (χ0n) is 19.3. The van der Waals surface area contributed by atoms with Crippen LogP contribution in [0.4, 0.5) is 14.7 Å². The summed E-state index contributed by atoms with van der Waals surface area (Å²) < 4.78 is 29.5. The SMILES string of the molecule is CCC(C)c1nc(NSc2c[nH]c3c(-c4cnc(C)cn4)c(Cl)ccc23)nc(C)c1CC(F)F. The van der Waals surface area contributed by atoms with Crippen LogP contribution in [0.2, 0.25) is 5.02 Å². The van der Waals surface area contributed by atoms with Gasteiger partial charge in [-0.05, 0) is 44.2 Å². The standard InChI is InChI=1S/C24H25ClF2N6S/c1-5-12(2)22-16(8-20(26)27)14(4)31-24(32-22)33-34-19-11-30-23-15(19)6-7-17(25)21(23)18-10-28-13(3)9-29-18/h6-7,9-12,20,30H,5,8H2,1-4H3,(H,31,32,33). The Morgan fingerprint density at radius 2 is 1.94 bits per heavy atom. The Morgan fingerprint density at radius 3 is 2.62 bits per heavy atom. The second kappa shape index (κ2) is 10.2. The highest BCUT2D eigenvalue weighted by atomic mass is 35.5. The second-order valence-corrected chi connectivity index (χ2v) is 9.40. The summed E-state index contributed by atoms with van der Waals surface area (Å²) in [5, 5.41) is 1.52. The summed E-state index contributed by atoms with van der Waals surface area (Å²) >= 11 is 7.85. The van der Waals surface area contributed by atoms with Crippen LogP contribution < -0.4 is 4.72 Å². The van der Waals surface area contributed by atoms with Gasteiger partial charge in [0.05, 0.1) is 38.7 Å². The third-order valence-electron chi connectivity index (χ3n) is 5.74. The van der Waals surface area contributed by atoms with Crippen molar-refractivity contribution < 1.29 is 8.78 Å². The van der Waals surface area contributed by atoms with Crippen molar-refractivity contribution in [1.82, 2.24) is 24.9 Å². The number of alkyl halides is 2. The van der Waals surface area contributed by atoms with Gasteiger partial charge in [-0.1, -0.05) is 31.5 Å². The zero-order valence-corrected chi connectivity index (χ0v) is 20.9. The fraction of sp³-hybridized carbons (Fsp3) is 0.333. The van der Waals surface area contributed by atoms with Gasteiger partial charge in [0.1, 0.15) is 0 Å². The number of rotatable bonds is 8. The number of halogens is 3. The van der Waals surface area contributed by atoms with E-state index in [0.717, 1.165) is 33.5 Å². The first-order chi connectivity index (χ1) is 16.3. The molecule has 3 heterocycles. The maximum Gasteiger partial charge on any atom is 0.242 e. The molecule has 3 aromatic heterocycles. The van der Waals surface area contributed by atoms with E-state index >= 15 is 0 Å². The summed E-state index contributed by atoms with van der Waals surface area (Å²) in [4.78, 5) is 22.1. The number of hydrogen-bond donors (Lipinski definition) is 2. The van der Waals surface area contributed by atoms with E-state index in [9.17, 15) is 8.78 Å². The average molecular weight is 503 g/mol. The van der Waals surface area contributed by atoms with E-state index in [2.05, 4.69) is 29.6 Å². The van der Waals surface area contributed by atoms with Crippen molar-refractivity contribution in [3.63, 3.8) is 0 Å². The Morgan fingerprint density at radius 1 is 1.15 bits per heavy atom. The Bertz CT molecular complexity index is 1310. The first-order valence-corrected chi connectivity index (χ1v) is 12.1. The maximum absolute atomic E-state index is 13.1. The molecule has 0 aliphatic rings. The number of aryl methyl sites for hydroxylation is 2. The van der Waals surface area contributed by atoms with Gasteiger partial charge in [-0.2, -0.15) is 0 Å². The first-order valence-electron chi connectivity index (χ1n) is 11.0. The van der Waals surface area contributed by atoms with Gasteiger partial charge in [0.2, 0.25) is 12.4 Å². The molecule has 4 rings (SSSR count). The highest BCUT2D eigenvalue weighted by Crippen LogP contribution is 2.38. The number of aromatic amines is 1. The molecule has 1 unspecified atom stereocenters. The van der Waals surface area contributed by atoms with Crippen LogP contribution >= 0.6 is 23.5 Å². The number of H-pyrrole nitrogens is 1. The minimum absolute atomic E-state index is 0.0504. The van der Waals surface area contributed by atoms with Crippen LogP contribution in [-0.4, -0.2) is 31.3 Å². The number of aromatic nitrogens is 5. The van der Waals surface area contributed by atoms with Crippen molar-refractivity contribution in [2.45, 2.75) is 57.8 Å². The van der Waals surface area contributed by atoms with E-state index in [-0.39, 0.29) is 12.3 Å². The molecule has 0 amide bonds. The number of nitrogens with zero attached hydrogens (tertiary/aromatic N) is 4. The number of hydrogen-bond acceptors (Lipinski definition) is 6. The molecule has 0 bridgehead atoms. The minimum atomic E-state index is -2.44. The first kappa shape index (κ1) is 24.3. The molecule has 34 heavy (non-hydrogen) atoms. The molecule has 2 N–H and O–H groups in total. The summed E-state index contributed by atoms with van der Waals surface area (Å²) in [7, 11) is 0. The quantitative estimate of drug-likeness (QED) is 0.249. The van der Waals surface area contributed by atoms with Gasteiger partial charge in [0, 0.05) is 41.0 Å². The van der Waals surface area contributed by atoms with Crippen LogP contribution in [0.5, 0.6) is 0 Å². The summed E-state index contributed by atoms with van der Waals surface area (Å²) in [5.74, 6) is 0.443. The van der Waals surface area contributed by atoms with Crippen LogP contribution in [0.3, 0.4) is 0 Å². The Kier molecular flexibility index (Phi) is 7.33. The molecule has 178 valence electrons. The second-order valence-electron chi connectivity index (χ2n) is 8.15. The van der Waals surface area contributed by atoms with Crippen LogP contribution in [0.25, 0.3) is 22.2 Å². The molecule has 4 aromatic rings. The number of benzene rings is 1. The molecule has 1 atom stereocenters. The van der Waals surface area contributed by atoms with Gasteiger partial charge >= 0.3 is 0 Å². The average Bonchev–Trinajstić information content (AvgIpc) is 3.22. The topological polar surface area (TPSA) is 79.4 Å². The van der Waals surface area contributed by atoms with Crippen molar-refractivity contribution in [3.05, 3.63) is 58.4 Å². The van der Waals surface area contributed by atoms with Crippen LogP contribution in [-0.2, 0) is 6.42 Å². The molecule has 10 heteroatoms. The normalized spacial score (nSPS) is 12.5. The molecule has 0 radical (unpaired) electrons. The van der Waals surface area contributed by atoms with Gasteiger partial charge in [-0.15, -0.1) is 0 Å². The molecule has 0 saturated carbocycles. The lowest BCUT2D eigenvalue weighted by Crippen LogP contribution is -2.12. The van der Waals surface area contributed by atoms with Gasteiger partial charge < -0.3 is 4.98 Å². The maximum atomic E-state index is 13.1. The Labute approximate surface area is 206 Å². The summed E-state index contributed by atoms with van der Waals surface area (Å²) in [6.07, 6.45) is 3.30. The molecule has 1 aromatic carbocycles. The number of fused-ring (bicyclic) bond motifs is 1. The molecular weight excluding hydrogens is 478 g/mol.